The molecule has 1 saturated heterocycles. The number of hydrogen-bond donors (Lipinski definition) is 2. The van der Waals surface area contributed by atoms with Crippen molar-refractivity contribution in [3.05, 3.63) is 71.8 Å². The highest BCUT2D eigenvalue weighted by atomic mass is 16.8. The Labute approximate surface area is 171 Å². The van der Waals surface area contributed by atoms with Crippen LogP contribution in [-0.4, -0.2) is 52.6 Å². The number of aliphatic hydroxyl groups excluding tert-OH is 2. The van der Waals surface area contributed by atoms with Crippen molar-refractivity contribution in [1.82, 2.24) is 0 Å². The molecule has 1 saturated carbocycles. The lowest BCUT2D eigenvalue weighted by Gasteiger charge is -2.31. The first-order valence-electron chi connectivity index (χ1n) is 9.93. The molecule has 5 atom stereocenters. The van der Waals surface area contributed by atoms with E-state index >= 15 is 0 Å². The van der Waals surface area contributed by atoms with Crippen LogP contribution in [0.15, 0.2) is 60.7 Å². The Kier molecular flexibility index (Phi) is 5.75. The van der Waals surface area contributed by atoms with Gasteiger partial charge in [-0.25, -0.2) is 0 Å². The van der Waals surface area contributed by atoms with Crippen LogP contribution >= 0.6 is 0 Å². The van der Waals surface area contributed by atoms with Gasteiger partial charge < -0.3 is 29.2 Å². The van der Waals surface area contributed by atoms with Gasteiger partial charge in [-0.2, -0.15) is 0 Å². The quantitative estimate of drug-likeness (QED) is 0.743. The van der Waals surface area contributed by atoms with Crippen LogP contribution in [0, 0.1) is 0 Å². The van der Waals surface area contributed by atoms with Gasteiger partial charge in [0.1, 0.15) is 24.4 Å². The molecular formula is C23H28O6. The molecule has 1 heterocycles. The lowest BCUT2D eigenvalue weighted by atomic mass is 9.98. The maximum atomic E-state index is 10.9. The van der Waals surface area contributed by atoms with Crippen LogP contribution in [0.1, 0.15) is 25.0 Å². The highest BCUT2D eigenvalue weighted by Crippen LogP contribution is 2.48. The van der Waals surface area contributed by atoms with E-state index in [0.29, 0.717) is 13.2 Å². The normalized spacial score (nSPS) is 33.0. The van der Waals surface area contributed by atoms with Gasteiger partial charge in [-0.1, -0.05) is 60.7 Å². The van der Waals surface area contributed by atoms with E-state index in [9.17, 15) is 10.2 Å². The van der Waals surface area contributed by atoms with Gasteiger partial charge in [0.05, 0.1) is 19.8 Å². The van der Waals surface area contributed by atoms with E-state index in [4.69, 9.17) is 18.9 Å². The van der Waals surface area contributed by atoms with Crippen LogP contribution in [0.25, 0.3) is 0 Å². The summed E-state index contributed by atoms with van der Waals surface area (Å²) in [5.74, 6) is -0.920. The lowest BCUT2D eigenvalue weighted by molar-refractivity contribution is -0.221. The second kappa shape index (κ2) is 8.14. The Bertz CT molecular complexity index is 796. The largest absolute Gasteiger partial charge is 0.387 e. The van der Waals surface area contributed by atoms with E-state index in [1.165, 1.54) is 0 Å². The van der Waals surface area contributed by atoms with Crippen LogP contribution < -0.4 is 0 Å². The minimum absolute atomic E-state index is 0.0828. The molecule has 156 valence electrons. The van der Waals surface area contributed by atoms with Crippen molar-refractivity contribution < 1.29 is 29.2 Å². The average Bonchev–Trinajstić information content (AvgIpc) is 3.09. The molecule has 1 aliphatic carbocycles. The summed E-state index contributed by atoms with van der Waals surface area (Å²) in [7, 11) is 0. The molecule has 29 heavy (non-hydrogen) atoms. The van der Waals surface area contributed by atoms with Gasteiger partial charge in [-0.15, -0.1) is 0 Å². The number of rotatable bonds is 7. The topological polar surface area (TPSA) is 77.4 Å². The fraction of sp³-hybridized carbons (Fsp3) is 0.478. The zero-order valence-electron chi connectivity index (χ0n) is 16.7. The van der Waals surface area contributed by atoms with Gasteiger partial charge in [-0.05, 0) is 25.0 Å². The molecule has 2 aromatic carbocycles. The minimum atomic E-state index is -1.20. The van der Waals surface area contributed by atoms with Crippen molar-refractivity contribution in [3.63, 3.8) is 0 Å². The van der Waals surface area contributed by atoms with Gasteiger partial charge in [0, 0.05) is 0 Å². The highest BCUT2D eigenvalue weighted by Gasteiger charge is 2.69. The summed E-state index contributed by atoms with van der Waals surface area (Å²) < 4.78 is 24.1. The maximum Gasteiger partial charge on any atom is 0.164 e. The second-order valence-corrected chi connectivity index (χ2v) is 8.17. The summed E-state index contributed by atoms with van der Waals surface area (Å²) in [6.45, 7) is 4.34. The predicted molar refractivity (Wildman–Crippen MR) is 106 cm³/mol. The van der Waals surface area contributed by atoms with Crippen molar-refractivity contribution in [3.8, 4) is 0 Å². The summed E-state index contributed by atoms with van der Waals surface area (Å²) in [4.78, 5) is 0. The third kappa shape index (κ3) is 4.10. The smallest absolute Gasteiger partial charge is 0.164 e. The van der Waals surface area contributed by atoms with Crippen LogP contribution in [-0.2, 0) is 32.2 Å². The Balaban J connectivity index is 1.49. The van der Waals surface area contributed by atoms with Crippen LogP contribution in [0.4, 0.5) is 0 Å². The van der Waals surface area contributed by atoms with Crippen LogP contribution in [0.3, 0.4) is 0 Å². The van der Waals surface area contributed by atoms with Crippen molar-refractivity contribution in [2.45, 2.75) is 62.9 Å². The van der Waals surface area contributed by atoms with Crippen molar-refractivity contribution >= 4 is 0 Å². The number of hydrogen-bond acceptors (Lipinski definition) is 6. The first-order valence-corrected chi connectivity index (χ1v) is 9.93. The summed E-state index contributed by atoms with van der Waals surface area (Å²) in [6, 6.07) is 19.5. The van der Waals surface area contributed by atoms with Crippen LogP contribution in [0.5, 0.6) is 0 Å². The summed E-state index contributed by atoms with van der Waals surface area (Å²) >= 11 is 0. The lowest BCUT2D eigenvalue weighted by Crippen LogP contribution is -2.51. The van der Waals surface area contributed by atoms with Gasteiger partial charge in [0.15, 0.2) is 11.4 Å². The summed E-state index contributed by atoms with van der Waals surface area (Å²) in [5, 5.41) is 21.6. The maximum absolute atomic E-state index is 10.9. The Morgan fingerprint density at radius 3 is 2.10 bits per heavy atom. The zero-order valence-corrected chi connectivity index (χ0v) is 16.7. The third-order valence-electron chi connectivity index (χ3n) is 5.51. The van der Waals surface area contributed by atoms with E-state index < -0.39 is 35.8 Å². The molecule has 0 spiro atoms. The Hall–Kier alpha value is -1.80. The number of ether oxygens (including phenoxy) is 4. The molecule has 6 nitrogen and oxygen atoms in total. The fourth-order valence-electron chi connectivity index (χ4n) is 4.22. The second-order valence-electron chi connectivity index (χ2n) is 8.17. The van der Waals surface area contributed by atoms with Gasteiger partial charge in [0.2, 0.25) is 0 Å². The molecule has 2 aliphatic rings. The molecule has 1 aliphatic heterocycles. The van der Waals surface area contributed by atoms with E-state index in [-0.39, 0.29) is 6.61 Å². The molecule has 6 heteroatoms. The molecule has 4 rings (SSSR count). The number of benzene rings is 2. The van der Waals surface area contributed by atoms with Gasteiger partial charge in [-0.3, -0.25) is 0 Å². The third-order valence-corrected chi connectivity index (χ3v) is 5.51. The van der Waals surface area contributed by atoms with Crippen molar-refractivity contribution in [1.29, 1.82) is 0 Å². The Morgan fingerprint density at radius 1 is 0.897 bits per heavy atom. The molecular weight excluding hydrogens is 372 g/mol. The first kappa shape index (κ1) is 20.5. The van der Waals surface area contributed by atoms with Gasteiger partial charge >= 0.3 is 0 Å². The molecule has 2 fully saturated rings. The highest BCUT2D eigenvalue weighted by molar-refractivity contribution is 5.18. The SMILES string of the molecule is CC1(C)O[C@H]2[C@H](OCc3ccccc3)[C@@H](O)[C@@H](O)[C@@]2(COCc2ccccc2)O1. The molecule has 0 aromatic heterocycles. The standard InChI is InChI=1S/C23H28O6/c1-22(2)28-21-19(27-14-17-11-7-4-8-12-17)18(24)20(25)23(21,29-22)15-26-13-16-9-5-3-6-10-16/h3-12,18-21,24-25H,13-15H2,1-2H3/t18-,19-,20-,21+,23-/m1/s1. The van der Waals surface area contributed by atoms with E-state index in [1.807, 2.05) is 60.7 Å². The molecule has 0 unspecified atom stereocenters. The molecule has 0 radical (unpaired) electrons. The molecule has 0 amide bonds. The van der Waals surface area contributed by atoms with Crippen molar-refractivity contribution in [2.75, 3.05) is 6.61 Å². The zero-order chi connectivity index (χ0) is 20.5. The molecule has 2 N–H and O–H groups in total. The van der Waals surface area contributed by atoms with Crippen molar-refractivity contribution in [2.24, 2.45) is 0 Å². The monoisotopic (exact) mass is 400 g/mol. The molecule has 0 bridgehead atoms. The average molecular weight is 400 g/mol. The minimum Gasteiger partial charge on any atom is -0.387 e. The summed E-state index contributed by atoms with van der Waals surface area (Å²) in [6.07, 6.45) is -3.71. The van der Waals surface area contributed by atoms with E-state index in [1.54, 1.807) is 13.8 Å². The number of fused-ring (bicyclic) bond motifs is 1. The number of aliphatic hydroxyl groups is 2. The fourth-order valence-corrected chi connectivity index (χ4v) is 4.22. The van der Waals surface area contributed by atoms with Crippen LogP contribution in [0.2, 0.25) is 0 Å². The first-order chi connectivity index (χ1) is 13.9. The van der Waals surface area contributed by atoms with E-state index in [2.05, 4.69) is 0 Å². The summed E-state index contributed by atoms with van der Waals surface area (Å²) in [5.41, 5.74) is 0.799. The van der Waals surface area contributed by atoms with E-state index in [0.717, 1.165) is 11.1 Å². The molecule has 2 aromatic rings. The van der Waals surface area contributed by atoms with Gasteiger partial charge in [0.25, 0.3) is 0 Å². The predicted octanol–water partition coefficient (Wildman–Crippen LogP) is 2.41. The Morgan fingerprint density at radius 2 is 1.48 bits per heavy atom.